The fourth-order valence-electron chi connectivity index (χ4n) is 1.99. The molecule has 2 aromatic rings. The Kier molecular flexibility index (Phi) is 3.95. The maximum Gasteiger partial charge on any atom is 0.167 e. The molecule has 0 heterocycles. The number of hydrogen-bond acceptors (Lipinski definition) is 2. The van der Waals surface area contributed by atoms with Crippen LogP contribution < -0.4 is 4.74 Å². The van der Waals surface area contributed by atoms with Crippen LogP contribution in [0, 0.1) is 12.7 Å². The van der Waals surface area contributed by atoms with Gasteiger partial charge in [-0.25, -0.2) is 4.39 Å². The van der Waals surface area contributed by atoms with Crippen molar-refractivity contribution in [2.24, 2.45) is 0 Å². The molecule has 0 radical (unpaired) electrons. The van der Waals surface area contributed by atoms with Crippen LogP contribution in [-0.4, -0.2) is 12.9 Å². The minimum Gasteiger partial charge on any atom is -0.494 e. The normalized spacial score (nSPS) is 10.3. The number of rotatable bonds is 4. The Morgan fingerprint density at radius 3 is 2.58 bits per heavy atom. The number of hydrogen-bond donors (Lipinski definition) is 0. The van der Waals surface area contributed by atoms with Crippen molar-refractivity contribution in [3.8, 4) is 5.75 Å². The second kappa shape index (κ2) is 5.65. The molecule has 0 spiro atoms. The summed E-state index contributed by atoms with van der Waals surface area (Å²) < 4.78 is 18.4. The van der Waals surface area contributed by atoms with E-state index < -0.39 is 5.82 Å². The van der Waals surface area contributed by atoms with Crippen molar-refractivity contribution < 1.29 is 13.9 Å². The van der Waals surface area contributed by atoms with Gasteiger partial charge in [0.05, 0.1) is 7.11 Å². The van der Waals surface area contributed by atoms with E-state index in [4.69, 9.17) is 4.74 Å². The Morgan fingerprint density at radius 1 is 1.21 bits per heavy atom. The van der Waals surface area contributed by atoms with Crippen molar-refractivity contribution in [2.75, 3.05) is 7.11 Å². The highest BCUT2D eigenvalue weighted by Gasteiger charge is 2.11. The van der Waals surface area contributed by atoms with Crippen molar-refractivity contribution >= 4 is 5.78 Å². The van der Waals surface area contributed by atoms with Crippen LogP contribution in [0.25, 0.3) is 0 Å². The Bertz CT molecular complexity index is 605. The molecule has 0 saturated carbocycles. The van der Waals surface area contributed by atoms with Gasteiger partial charge in [-0.1, -0.05) is 30.3 Å². The maximum absolute atomic E-state index is 13.5. The molecule has 0 bridgehead atoms. The Labute approximate surface area is 111 Å². The van der Waals surface area contributed by atoms with Crippen LogP contribution in [0.2, 0.25) is 0 Å². The molecule has 3 heteroatoms. The number of ketones is 1. The molecule has 0 unspecified atom stereocenters. The molecule has 2 aromatic carbocycles. The molecule has 2 rings (SSSR count). The average Bonchev–Trinajstić information content (AvgIpc) is 2.39. The maximum atomic E-state index is 13.5. The lowest BCUT2D eigenvalue weighted by atomic mass is 9.99. The number of aryl methyl sites for hydroxylation is 1. The topological polar surface area (TPSA) is 26.3 Å². The third kappa shape index (κ3) is 2.99. The molecular weight excluding hydrogens is 243 g/mol. The molecule has 0 atom stereocenters. The minimum absolute atomic E-state index is 0.0114. The van der Waals surface area contributed by atoms with Crippen LogP contribution in [0.1, 0.15) is 21.5 Å². The first kappa shape index (κ1) is 13.3. The van der Waals surface area contributed by atoms with Gasteiger partial charge in [0.1, 0.15) is 0 Å². The first-order valence-electron chi connectivity index (χ1n) is 6.03. The van der Waals surface area contributed by atoms with Gasteiger partial charge in [-0.15, -0.1) is 0 Å². The van der Waals surface area contributed by atoms with Crippen molar-refractivity contribution in [1.29, 1.82) is 0 Å². The lowest BCUT2D eigenvalue weighted by Gasteiger charge is -2.06. The molecule has 19 heavy (non-hydrogen) atoms. The lowest BCUT2D eigenvalue weighted by molar-refractivity contribution is 0.0992. The number of methoxy groups -OCH3 is 1. The van der Waals surface area contributed by atoms with E-state index in [9.17, 15) is 9.18 Å². The zero-order chi connectivity index (χ0) is 13.8. The molecule has 0 amide bonds. The molecular formula is C16H15FO2. The zero-order valence-electron chi connectivity index (χ0n) is 10.9. The molecule has 2 nitrogen and oxygen atoms in total. The first-order chi connectivity index (χ1) is 9.11. The summed E-state index contributed by atoms with van der Waals surface area (Å²) in [4.78, 5) is 12.1. The number of halogens is 1. The van der Waals surface area contributed by atoms with Gasteiger partial charge in [0.15, 0.2) is 17.3 Å². The Morgan fingerprint density at radius 2 is 1.95 bits per heavy atom. The van der Waals surface area contributed by atoms with Crippen molar-refractivity contribution in [2.45, 2.75) is 13.3 Å². The summed E-state index contributed by atoms with van der Waals surface area (Å²) in [7, 11) is 1.41. The summed E-state index contributed by atoms with van der Waals surface area (Å²) >= 11 is 0. The SMILES string of the molecule is COc1ccc(CC(=O)c2ccccc2C)cc1F. The van der Waals surface area contributed by atoms with Gasteiger partial charge in [-0.05, 0) is 30.2 Å². The smallest absolute Gasteiger partial charge is 0.167 e. The van der Waals surface area contributed by atoms with Gasteiger partial charge < -0.3 is 4.74 Å². The van der Waals surface area contributed by atoms with Crippen LogP contribution in [0.3, 0.4) is 0 Å². The Hall–Kier alpha value is -2.16. The van der Waals surface area contributed by atoms with Crippen molar-refractivity contribution in [3.63, 3.8) is 0 Å². The molecule has 0 aliphatic carbocycles. The molecule has 0 aromatic heterocycles. The van der Waals surface area contributed by atoms with E-state index in [0.29, 0.717) is 11.1 Å². The molecule has 98 valence electrons. The second-order valence-electron chi connectivity index (χ2n) is 4.38. The van der Waals surface area contributed by atoms with Gasteiger partial charge in [0.2, 0.25) is 0 Å². The molecule has 0 saturated heterocycles. The molecule has 0 aliphatic rings. The third-order valence-electron chi connectivity index (χ3n) is 3.03. The molecule has 0 aliphatic heterocycles. The number of carbonyl (C=O) groups excluding carboxylic acids is 1. The average molecular weight is 258 g/mol. The van der Waals surface area contributed by atoms with Gasteiger partial charge in [0, 0.05) is 12.0 Å². The standard InChI is InChI=1S/C16H15FO2/c1-11-5-3-4-6-13(11)15(18)10-12-7-8-16(19-2)14(17)9-12/h3-9H,10H2,1-2H3. The number of carbonyl (C=O) groups is 1. The van der Waals surface area contributed by atoms with Gasteiger partial charge in [0.25, 0.3) is 0 Å². The lowest BCUT2D eigenvalue weighted by Crippen LogP contribution is -2.05. The predicted molar refractivity (Wildman–Crippen MR) is 72.2 cm³/mol. The number of Topliss-reactive ketones (excluding diaryl/α,β-unsaturated/α-hetero) is 1. The van der Waals surface area contributed by atoms with Crippen LogP contribution >= 0.6 is 0 Å². The second-order valence-corrected chi connectivity index (χ2v) is 4.38. The van der Waals surface area contributed by atoms with E-state index in [0.717, 1.165) is 5.56 Å². The van der Waals surface area contributed by atoms with Gasteiger partial charge >= 0.3 is 0 Å². The highest BCUT2D eigenvalue weighted by atomic mass is 19.1. The van der Waals surface area contributed by atoms with Crippen molar-refractivity contribution in [1.82, 2.24) is 0 Å². The van der Waals surface area contributed by atoms with E-state index in [2.05, 4.69) is 0 Å². The highest BCUT2D eigenvalue weighted by molar-refractivity contribution is 5.98. The van der Waals surface area contributed by atoms with E-state index >= 15 is 0 Å². The number of ether oxygens (including phenoxy) is 1. The summed E-state index contributed by atoms with van der Waals surface area (Å²) in [5.41, 5.74) is 2.26. The molecule has 0 N–H and O–H groups in total. The largest absolute Gasteiger partial charge is 0.494 e. The van der Waals surface area contributed by atoms with Crippen LogP contribution in [0.5, 0.6) is 5.75 Å². The predicted octanol–water partition coefficient (Wildman–Crippen LogP) is 3.57. The van der Waals surface area contributed by atoms with E-state index in [1.807, 2.05) is 25.1 Å². The summed E-state index contributed by atoms with van der Waals surface area (Å²) in [6, 6.07) is 12.0. The van der Waals surface area contributed by atoms with Crippen LogP contribution in [0.15, 0.2) is 42.5 Å². The van der Waals surface area contributed by atoms with Crippen LogP contribution in [-0.2, 0) is 6.42 Å². The fourth-order valence-corrected chi connectivity index (χ4v) is 1.99. The van der Waals surface area contributed by atoms with Crippen LogP contribution in [0.4, 0.5) is 4.39 Å². The Balaban J connectivity index is 2.20. The first-order valence-corrected chi connectivity index (χ1v) is 6.03. The zero-order valence-corrected chi connectivity index (χ0v) is 10.9. The van der Waals surface area contributed by atoms with Crippen molar-refractivity contribution in [3.05, 3.63) is 65.0 Å². The van der Waals surface area contributed by atoms with E-state index in [1.54, 1.807) is 12.1 Å². The van der Waals surface area contributed by atoms with E-state index in [-0.39, 0.29) is 18.0 Å². The third-order valence-corrected chi connectivity index (χ3v) is 3.03. The quantitative estimate of drug-likeness (QED) is 0.784. The highest BCUT2D eigenvalue weighted by Crippen LogP contribution is 2.19. The summed E-state index contributed by atoms with van der Waals surface area (Å²) in [6.45, 7) is 1.89. The number of benzene rings is 2. The molecule has 0 fully saturated rings. The van der Waals surface area contributed by atoms with Gasteiger partial charge in [-0.3, -0.25) is 4.79 Å². The monoisotopic (exact) mass is 258 g/mol. The minimum atomic E-state index is -0.447. The van der Waals surface area contributed by atoms with E-state index in [1.165, 1.54) is 19.2 Å². The summed E-state index contributed by atoms with van der Waals surface area (Å²) in [6.07, 6.45) is 0.186. The summed E-state index contributed by atoms with van der Waals surface area (Å²) in [5.74, 6) is -0.271. The fraction of sp³-hybridized carbons (Fsp3) is 0.188. The van der Waals surface area contributed by atoms with Gasteiger partial charge in [-0.2, -0.15) is 0 Å². The summed E-state index contributed by atoms with van der Waals surface area (Å²) in [5, 5.41) is 0.